The molecular weight excluding hydrogens is 192 g/mol. The van der Waals surface area contributed by atoms with E-state index in [1.165, 1.54) is 31.4 Å². The summed E-state index contributed by atoms with van der Waals surface area (Å²) in [5, 5.41) is 0. The molecule has 0 aromatic carbocycles. The van der Waals surface area contributed by atoms with Gasteiger partial charge in [0, 0.05) is 10.8 Å². The lowest BCUT2D eigenvalue weighted by Crippen LogP contribution is -2.48. The first-order valence-electron chi connectivity index (χ1n) is 5.68. The maximum Gasteiger partial charge on any atom is 0.0355 e. The molecule has 0 aromatic rings. The van der Waals surface area contributed by atoms with Crippen molar-refractivity contribution in [1.29, 1.82) is 0 Å². The Bertz CT molecular complexity index is 165. The predicted octanol–water partition coefficient (Wildman–Crippen LogP) is 2.54. The molecule has 1 aliphatic heterocycles. The van der Waals surface area contributed by atoms with Crippen LogP contribution in [-0.4, -0.2) is 16.5 Å². The molecule has 1 saturated heterocycles. The monoisotopic (exact) mass is 216 g/mol. The van der Waals surface area contributed by atoms with Crippen LogP contribution in [-0.2, 0) is 0 Å². The van der Waals surface area contributed by atoms with Crippen molar-refractivity contribution in [3.05, 3.63) is 0 Å². The Balaban J connectivity index is 2.43. The number of thioether (sulfide) groups is 1. The van der Waals surface area contributed by atoms with Crippen LogP contribution in [0.2, 0.25) is 0 Å². The number of hydrazine groups is 1. The smallest absolute Gasteiger partial charge is 0.0355 e. The van der Waals surface area contributed by atoms with Gasteiger partial charge in [0.05, 0.1) is 0 Å². The summed E-state index contributed by atoms with van der Waals surface area (Å²) in [6, 6.07) is 0.484. The highest BCUT2D eigenvalue weighted by molar-refractivity contribution is 8.00. The van der Waals surface area contributed by atoms with Gasteiger partial charge in [-0.1, -0.05) is 13.8 Å². The summed E-state index contributed by atoms with van der Waals surface area (Å²) in [6.45, 7) is 6.91. The fraction of sp³-hybridized carbons (Fsp3) is 1.00. The molecule has 0 saturated carbocycles. The average molecular weight is 216 g/mol. The molecule has 1 heterocycles. The van der Waals surface area contributed by atoms with Crippen LogP contribution in [0.25, 0.3) is 0 Å². The molecule has 1 fully saturated rings. The van der Waals surface area contributed by atoms with Crippen molar-refractivity contribution in [3.8, 4) is 0 Å². The third-order valence-electron chi connectivity index (χ3n) is 3.22. The van der Waals surface area contributed by atoms with E-state index in [9.17, 15) is 0 Å². The first-order chi connectivity index (χ1) is 6.58. The van der Waals surface area contributed by atoms with Gasteiger partial charge in [-0.15, -0.1) is 0 Å². The predicted molar refractivity (Wildman–Crippen MR) is 65.3 cm³/mol. The fourth-order valence-corrected chi connectivity index (χ4v) is 3.57. The van der Waals surface area contributed by atoms with Gasteiger partial charge in [0.15, 0.2) is 0 Å². The molecule has 0 spiro atoms. The minimum atomic E-state index is 0.379. The van der Waals surface area contributed by atoms with Crippen molar-refractivity contribution >= 4 is 11.8 Å². The lowest BCUT2D eigenvalue weighted by molar-refractivity contribution is 0.359. The Kier molecular flexibility index (Phi) is 4.74. The largest absolute Gasteiger partial charge is 0.271 e. The summed E-state index contributed by atoms with van der Waals surface area (Å²) in [5.41, 5.74) is 3.02. The molecule has 3 heteroatoms. The van der Waals surface area contributed by atoms with Crippen LogP contribution in [0.1, 0.15) is 46.5 Å². The lowest BCUT2D eigenvalue weighted by Gasteiger charge is -2.33. The highest BCUT2D eigenvalue weighted by Gasteiger charge is 2.36. The maximum absolute atomic E-state index is 5.66. The molecule has 0 radical (unpaired) electrons. The minimum Gasteiger partial charge on any atom is -0.271 e. The Hall–Kier alpha value is 0.270. The quantitative estimate of drug-likeness (QED) is 0.548. The number of nitrogens with one attached hydrogen (secondary N) is 1. The second-order valence-electron chi connectivity index (χ2n) is 4.96. The number of hydrogen-bond donors (Lipinski definition) is 2. The molecule has 0 aromatic heterocycles. The van der Waals surface area contributed by atoms with Gasteiger partial charge in [-0.05, 0) is 44.3 Å². The molecule has 0 aliphatic carbocycles. The van der Waals surface area contributed by atoms with Crippen LogP contribution in [0.4, 0.5) is 0 Å². The van der Waals surface area contributed by atoms with E-state index in [0.717, 1.165) is 5.92 Å². The van der Waals surface area contributed by atoms with E-state index in [1.807, 2.05) is 0 Å². The molecule has 0 amide bonds. The molecule has 0 bridgehead atoms. The second-order valence-corrected chi connectivity index (χ2v) is 6.58. The van der Waals surface area contributed by atoms with Crippen LogP contribution >= 0.6 is 11.8 Å². The lowest BCUT2D eigenvalue weighted by atomic mass is 9.91. The zero-order valence-electron chi connectivity index (χ0n) is 9.68. The van der Waals surface area contributed by atoms with Crippen LogP contribution in [0, 0.1) is 5.92 Å². The Morgan fingerprint density at radius 2 is 2.14 bits per heavy atom. The first-order valence-corrected chi connectivity index (χ1v) is 6.67. The third kappa shape index (κ3) is 3.14. The van der Waals surface area contributed by atoms with Crippen molar-refractivity contribution in [2.24, 2.45) is 11.8 Å². The van der Waals surface area contributed by atoms with Gasteiger partial charge >= 0.3 is 0 Å². The third-order valence-corrected chi connectivity index (χ3v) is 4.86. The van der Waals surface area contributed by atoms with Gasteiger partial charge in [-0.3, -0.25) is 11.3 Å². The fourth-order valence-electron chi connectivity index (χ4n) is 2.14. The highest BCUT2D eigenvalue weighted by atomic mass is 32.2. The zero-order chi connectivity index (χ0) is 10.6. The Morgan fingerprint density at radius 3 is 2.57 bits per heavy atom. The topological polar surface area (TPSA) is 38.0 Å². The second kappa shape index (κ2) is 5.38. The molecule has 14 heavy (non-hydrogen) atoms. The summed E-state index contributed by atoms with van der Waals surface area (Å²) in [6.07, 6.45) is 5.13. The van der Waals surface area contributed by atoms with Gasteiger partial charge in [0.1, 0.15) is 0 Å². The standard InChI is InChI=1S/C11H24N2S/c1-9(2)5-6-10(13-12)11(3)7-4-8-14-11/h9-10,13H,4-8,12H2,1-3H3. The van der Waals surface area contributed by atoms with Crippen molar-refractivity contribution < 1.29 is 0 Å². The minimum absolute atomic E-state index is 0.379. The van der Waals surface area contributed by atoms with E-state index < -0.39 is 0 Å². The van der Waals surface area contributed by atoms with E-state index in [0.29, 0.717) is 10.8 Å². The van der Waals surface area contributed by atoms with E-state index >= 15 is 0 Å². The van der Waals surface area contributed by atoms with E-state index in [4.69, 9.17) is 5.84 Å². The van der Waals surface area contributed by atoms with Crippen molar-refractivity contribution in [1.82, 2.24) is 5.43 Å². The average Bonchev–Trinajstić information content (AvgIpc) is 2.53. The summed E-state index contributed by atoms with van der Waals surface area (Å²) < 4.78 is 0.379. The molecule has 2 atom stereocenters. The number of rotatable bonds is 5. The Labute approximate surface area is 92.4 Å². The van der Waals surface area contributed by atoms with Gasteiger partial charge in [0.25, 0.3) is 0 Å². The molecule has 2 unspecified atom stereocenters. The normalized spacial score (nSPS) is 29.8. The van der Waals surface area contributed by atoms with Gasteiger partial charge in [-0.25, -0.2) is 0 Å². The summed E-state index contributed by atoms with van der Waals surface area (Å²) >= 11 is 2.09. The van der Waals surface area contributed by atoms with E-state index in [2.05, 4.69) is 38.0 Å². The van der Waals surface area contributed by atoms with Gasteiger partial charge in [0.2, 0.25) is 0 Å². The first kappa shape index (κ1) is 12.3. The number of hydrogen-bond acceptors (Lipinski definition) is 3. The molecule has 84 valence electrons. The van der Waals surface area contributed by atoms with Crippen molar-refractivity contribution in [2.45, 2.75) is 57.2 Å². The van der Waals surface area contributed by atoms with Crippen molar-refractivity contribution in [2.75, 3.05) is 5.75 Å². The van der Waals surface area contributed by atoms with Crippen LogP contribution < -0.4 is 11.3 Å². The van der Waals surface area contributed by atoms with E-state index in [1.54, 1.807) is 0 Å². The summed E-state index contributed by atoms with van der Waals surface area (Å²) in [4.78, 5) is 0. The van der Waals surface area contributed by atoms with E-state index in [-0.39, 0.29) is 0 Å². The van der Waals surface area contributed by atoms with Crippen LogP contribution in [0.5, 0.6) is 0 Å². The van der Waals surface area contributed by atoms with Crippen molar-refractivity contribution in [3.63, 3.8) is 0 Å². The maximum atomic E-state index is 5.66. The molecular formula is C11H24N2S. The SMILES string of the molecule is CC(C)CCC(NN)C1(C)CCCS1. The Morgan fingerprint density at radius 1 is 1.43 bits per heavy atom. The summed E-state index contributed by atoms with van der Waals surface area (Å²) in [5.74, 6) is 7.74. The molecule has 1 rings (SSSR count). The van der Waals surface area contributed by atoms with Crippen LogP contribution in [0.15, 0.2) is 0 Å². The highest BCUT2D eigenvalue weighted by Crippen LogP contribution is 2.41. The zero-order valence-corrected chi connectivity index (χ0v) is 10.5. The number of nitrogens with two attached hydrogens (primary N) is 1. The molecule has 2 nitrogen and oxygen atoms in total. The summed E-state index contributed by atoms with van der Waals surface area (Å²) in [7, 11) is 0. The van der Waals surface area contributed by atoms with Gasteiger partial charge in [-0.2, -0.15) is 11.8 Å². The molecule has 1 aliphatic rings. The molecule has 3 N–H and O–H groups in total. The van der Waals surface area contributed by atoms with Gasteiger partial charge < -0.3 is 0 Å². The van der Waals surface area contributed by atoms with Crippen LogP contribution in [0.3, 0.4) is 0 Å².